The number of pyridine rings is 2. The fourth-order valence-electron chi connectivity index (χ4n) is 4.13. The molecule has 9 heteroatoms. The lowest BCUT2D eigenvalue weighted by Gasteiger charge is -2.25. The molecule has 4 aromatic rings. The average Bonchev–Trinajstić information content (AvgIpc) is 3.31. The van der Waals surface area contributed by atoms with E-state index in [4.69, 9.17) is 40.8 Å². The van der Waals surface area contributed by atoms with Gasteiger partial charge < -0.3 is 14.6 Å². The van der Waals surface area contributed by atoms with Gasteiger partial charge in [-0.3, -0.25) is 9.88 Å². The highest BCUT2D eigenvalue weighted by atomic mass is 35.5. The molecule has 5 nitrogen and oxygen atoms in total. The smallest absolute Gasteiger partial charge is 0.109 e. The molecule has 1 aliphatic rings. The predicted octanol–water partition coefficient (Wildman–Crippen LogP) is 5.83. The van der Waals surface area contributed by atoms with Crippen molar-refractivity contribution < 1.29 is 4.74 Å². The first-order valence-electron chi connectivity index (χ1n) is 11.4. The van der Waals surface area contributed by atoms with Gasteiger partial charge in [0, 0.05) is 72.2 Å². The molecule has 0 saturated carbocycles. The lowest BCUT2D eigenvalue weighted by molar-refractivity contribution is 0.0346. The van der Waals surface area contributed by atoms with Gasteiger partial charge in [0.25, 0.3) is 0 Å². The first-order chi connectivity index (χ1) is 17.1. The molecule has 0 spiro atoms. The molecule has 0 unspecified atom stereocenters. The van der Waals surface area contributed by atoms with Crippen molar-refractivity contribution in [3.05, 3.63) is 92.2 Å². The van der Waals surface area contributed by atoms with E-state index in [1.807, 2.05) is 36.5 Å². The van der Waals surface area contributed by atoms with Crippen LogP contribution in [0.15, 0.2) is 61.1 Å². The number of nitrogens with zero attached hydrogens (tertiary/aromatic N) is 3. The van der Waals surface area contributed by atoms with Crippen molar-refractivity contribution in [1.29, 1.82) is 0 Å². The van der Waals surface area contributed by atoms with Gasteiger partial charge in [0.1, 0.15) is 9.82 Å². The molecule has 0 amide bonds. The van der Waals surface area contributed by atoms with Gasteiger partial charge >= 0.3 is 0 Å². The van der Waals surface area contributed by atoms with Crippen LogP contribution < -0.4 is 5.32 Å². The van der Waals surface area contributed by atoms with Crippen LogP contribution in [0.5, 0.6) is 0 Å². The van der Waals surface area contributed by atoms with Crippen LogP contribution in [-0.2, 0) is 24.4 Å². The van der Waals surface area contributed by atoms with Crippen molar-refractivity contribution in [3.63, 3.8) is 0 Å². The molecular formula is C26H25ClN4OS3. The minimum atomic E-state index is 0.608. The monoisotopic (exact) mass is 540 g/mol. The van der Waals surface area contributed by atoms with Crippen LogP contribution >= 0.6 is 47.4 Å². The maximum atomic E-state index is 6.02. The van der Waals surface area contributed by atoms with Crippen molar-refractivity contribution >= 4 is 62.6 Å². The van der Waals surface area contributed by atoms with E-state index in [0.29, 0.717) is 18.1 Å². The summed E-state index contributed by atoms with van der Waals surface area (Å²) < 4.78 is 8.55. The normalized spacial score (nSPS) is 14.3. The third-order valence-corrected chi connectivity index (χ3v) is 8.18. The van der Waals surface area contributed by atoms with Crippen molar-refractivity contribution in [2.45, 2.75) is 19.6 Å². The number of aromatic nitrogens is 2. The van der Waals surface area contributed by atoms with Crippen LogP contribution in [0.25, 0.3) is 10.2 Å². The van der Waals surface area contributed by atoms with Gasteiger partial charge in [-0.15, -0.1) is 11.3 Å². The van der Waals surface area contributed by atoms with Gasteiger partial charge in [0.15, 0.2) is 0 Å². The Morgan fingerprint density at radius 1 is 1.11 bits per heavy atom. The maximum Gasteiger partial charge on any atom is 0.109 e. The quantitative estimate of drug-likeness (QED) is 0.298. The second-order valence-electron chi connectivity index (χ2n) is 8.49. The Labute approximate surface area is 224 Å². The summed E-state index contributed by atoms with van der Waals surface area (Å²) in [5.74, 6) is 0. The zero-order valence-corrected chi connectivity index (χ0v) is 22.3. The number of halogens is 1. The Balaban J connectivity index is 1.47. The first kappa shape index (κ1) is 24.5. The van der Waals surface area contributed by atoms with E-state index in [-0.39, 0.29) is 0 Å². The zero-order valence-electron chi connectivity index (χ0n) is 19.1. The fraction of sp³-hybridized carbons (Fsp3) is 0.269. The number of thiophene rings is 1. The lowest BCUT2D eigenvalue weighted by Crippen LogP contribution is -2.35. The number of hydrogen-bond acceptors (Lipinski definition) is 6. The summed E-state index contributed by atoms with van der Waals surface area (Å²) in [6.45, 7) is 5.69. The summed E-state index contributed by atoms with van der Waals surface area (Å²) >= 11 is 19.6. The van der Waals surface area contributed by atoms with Crippen LogP contribution in [0.2, 0.25) is 5.02 Å². The Hall–Kier alpha value is -2.20. The summed E-state index contributed by atoms with van der Waals surface area (Å²) in [7, 11) is 0. The number of benzene rings is 1. The lowest BCUT2D eigenvalue weighted by atomic mass is 10.2. The van der Waals surface area contributed by atoms with Crippen LogP contribution in [0, 0.1) is 4.51 Å². The van der Waals surface area contributed by atoms with Gasteiger partial charge in [-0.05, 0) is 35.4 Å². The highest BCUT2D eigenvalue weighted by molar-refractivity contribution is 7.80. The summed E-state index contributed by atoms with van der Waals surface area (Å²) in [6, 6.07) is 14.1. The molecule has 1 saturated heterocycles. The van der Waals surface area contributed by atoms with E-state index < -0.39 is 0 Å². The van der Waals surface area contributed by atoms with Gasteiger partial charge in [-0.25, -0.2) is 0 Å². The maximum absolute atomic E-state index is 6.02. The SMILES string of the molecule is S=C(NCc1ccc(Cl)cc1)c1cn(Cc2cccnc2)c2sc(CN3CCOCC3)cc2c1=S. The number of ether oxygens (including phenoxy) is 1. The fourth-order valence-corrected chi connectivity index (χ4v) is 6.10. The first-order valence-corrected chi connectivity index (χ1v) is 13.5. The standard InChI is InChI=1S/C26H25ClN4OS3/c27-20-5-3-18(4-6-20)14-29-25(34)23-17-31(15-19-2-1-7-28-13-19)26-22(24(23)33)12-21(35-26)16-30-8-10-32-11-9-30/h1-7,12-13,17H,8-11,14-16H2,(H,29,34). The van der Waals surface area contributed by atoms with Gasteiger partial charge in [0.05, 0.1) is 17.7 Å². The predicted molar refractivity (Wildman–Crippen MR) is 150 cm³/mol. The molecule has 1 fully saturated rings. The van der Waals surface area contributed by atoms with Crippen LogP contribution in [0.1, 0.15) is 21.6 Å². The van der Waals surface area contributed by atoms with E-state index in [1.165, 1.54) is 4.88 Å². The highest BCUT2D eigenvalue weighted by Gasteiger charge is 2.17. The average molecular weight is 541 g/mol. The molecule has 5 rings (SSSR count). The van der Waals surface area contributed by atoms with Crippen molar-refractivity contribution in [2.75, 3.05) is 26.3 Å². The molecular weight excluding hydrogens is 516 g/mol. The number of nitrogens with one attached hydrogen (secondary N) is 1. The Morgan fingerprint density at radius 2 is 1.91 bits per heavy atom. The Morgan fingerprint density at radius 3 is 2.66 bits per heavy atom. The minimum Gasteiger partial charge on any atom is -0.379 e. The topological polar surface area (TPSA) is 42.3 Å². The molecule has 0 bridgehead atoms. The van der Waals surface area contributed by atoms with Crippen LogP contribution in [0.3, 0.4) is 0 Å². The number of morpholine rings is 1. The second-order valence-corrected chi connectivity index (χ2v) is 10.9. The van der Waals surface area contributed by atoms with Crippen LogP contribution in [-0.4, -0.2) is 45.7 Å². The third-order valence-electron chi connectivity index (χ3n) is 5.97. The minimum absolute atomic E-state index is 0.608. The van der Waals surface area contributed by atoms with E-state index in [9.17, 15) is 0 Å². The van der Waals surface area contributed by atoms with E-state index in [0.717, 1.165) is 69.3 Å². The molecule has 3 aromatic heterocycles. The highest BCUT2D eigenvalue weighted by Crippen LogP contribution is 2.30. The van der Waals surface area contributed by atoms with Crippen molar-refractivity contribution in [3.8, 4) is 0 Å². The molecule has 0 atom stereocenters. The second kappa shape index (κ2) is 11.2. The van der Waals surface area contributed by atoms with E-state index in [2.05, 4.69) is 38.1 Å². The van der Waals surface area contributed by atoms with Crippen molar-refractivity contribution in [2.24, 2.45) is 0 Å². The molecule has 35 heavy (non-hydrogen) atoms. The van der Waals surface area contributed by atoms with Gasteiger partial charge in [0.2, 0.25) is 0 Å². The molecule has 0 aliphatic carbocycles. The number of thiocarbonyl (C=S) groups is 1. The third kappa shape index (κ3) is 5.97. The van der Waals surface area contributed by atoms with E-state index in [1.54, 1.807) is 17.5 Å². The Bertz CT molecular complexity index is 1380. The molecule has 180 valence electrons. The van der Waals surface area contributed by atoms with Crippen molar-refractivity contribution in [1.82, 2.24) is 19.8 Å². The van der Waals surface area contributed by atoms with Gasteiger partial charge in [-0.1, -0.05) is 54.2 Å². The number of fused-ring (bicyclic) bond motifs is 1. The summed E-state index contributed by atoms with van der Waals surface area (Å²) in [5.41, 5.74) is 3.11. The number of rotatable bonds is 7. The molecule has 1 aromatic carbocycles. The van der Waals surface area contributed by atoms with Crippen LogP contribution in [0.4, 0.5) is 0 Å². The number of hydrogen-bond donors (Lipinski definition) is 1. The van der Waals surface area contributed by atoms with Gasteiger partial charge in [-0.2, -0.15) is 0 Å². The summed E-state index contributed by atoms with van der Waals surface area (Å²) in [6.07, 6.45) is 5.78. The zero-order chi connectivity index (χ0) is 24.2. The Kier molecular flexibility index (Phi) is 7.87. The molecule has 1 N–H and O–H groups in total. The summed E-state index contributed by atoms with van der Waals surface area (Å²) in [5, 5.41) is 5.17. The largest absolute Gasteiger partial charge is 0.379 e. The van der Waals surface area contributed by atoms with E-state index >= 15 is 0 Å². The molecule has 0 radical (unpaired) electrons. The summed E-state index contributed by atoms with van der Waals surface area (Å²) in [4.78, 5) is 9.82. The molecule has 4 heterocycles. The molecule has 1 aliphatic heterocycles.